The highest BCUT2D eigenvalue weighted by molar-refractivity contribution is 9.10. The Labute approximate surface area is 118 Å². The van der Waals surface area contributed by atoms with Crippen LogP contribution in [0.5, 0.6) is 5.88 Å². The fraction of sp³-hybridized carbons (Fsp3) is 0.154. The van der Waals surface area contributed by atoms with E-state index < -0.39 is 0 Å². The molecule has 100 valence electrons. The summed E-state index contributed by atoms with van der Waals surface area (Å²) < 4.78 is 19.0. The van der Waals surface area contributed by atoms with Gasteiger partial charge in [-0.3, -0.25) is 0 Å². The molecular formula is C13H13BrFN3O. The second kappa shape index (κ2) is 5.44. The summed E-state index contributed by atoms with van der Waals surface area (Å²) in [6.07, 6.45) is 0. The van der Waals surface area contributed by atoms with Gasteiger partial charge >= 0.3 is 0 Å². The SMILES string of the molecule is COc1nc(Nc2cc(F)c(Br)cc2C)ccc1N. The number of nitrogen functional groups attached to an aromatic ring is 1. The number of hydrogen-bond acceptors (Lipinski definition) is 4. The van der Waals surface area contributed by atoms with Gasteiger partial charge < -0.3 is 15.8 Å². The van der Waals surface area contributed by atoms with Gasteiger partial charge in [0.25, 0.3) is 0 Å². The van der Waals surface area contributed by atoms with Crippen LogP contribution in [0.3, 0.4) is 0 Å². The molecule has 0 fully saturated rings. The molecule has 6 heteroatoms. The first-order valence-electron chi connectivity index (χ1n) is 5.54. The van der Waals surface area contributed by atoms with Crippen LogP contribution in [0.2, 0.25) is 0 Å². The quantitative estimate of drug-likeness (QED) is 0.904. The topological polar surface area (TPSA) is 60.2 Å². The molecule has 4 nitrogen and oxygen atoms in total. The smallest absolute Gasteiger partial charge is 0.238 e. The molecule has 0 saturated carbocycles. The number of nitrogens with zero attached hydrogens (tertiary/aromatic N) is 1. The second-order valence-electron chi connectivity index (χ2n) is 4.00. The minimum atomic E-state index is -0.337. The van der Waals surface area contributed by atoms with Gasteiger partial charge in [-0.25, -0.2) is 4.39 Å². The Hall–Kier alpha value is -1.82. The number of aromatic nitrogens is 1. The summed E-state index contributed by atoms with van der Waals surface area (Å²) in [4.78, 5) is 4.19. The lowest BCUT2D eigenvalue weighted by molar-refractivity contribution is 0.401. The van der Waals surface area contributed by atoms with Crippen molar-refractivity contribution in [1.82, 2.24) is 4.98 Å². The Morgan fingerprint density at radius 1 is 1.37 bits per heavy atom. The van der Waals surface area contributed by atoms with Gasteiger partial charge in [0, 0.05) is 5.69 Å². The summed E-state index contributed by atoms with van der Waals surface area (Å²) in [6.45, 7) is 1.88. The molecule has 1 aromatic carbocycles. The van der Waals surface area contributed by atoms with E-state index in [1.807, 2.05) is 6.92 Å². The highest BCUT2D eigenvalue weighted by atomic mass is 79.9. The van der Waals surface area contributed by atoms with E-state index in [0.717, 1.165) is 5.56 Å². The van der Waals surface area contributed by atoms with Crippen molar-refractivity contribution >= 4 is 33.1 Å². The van der Waals surface area contributed by atoms with Crippen molar-refractivity contribution < 1.29 is 9.13 Å². The highest BCUT2D eigenvalue weighted by Crippen LogP contribution is 2.27. The number of aryl methyl sites for hydroxylation is 1. The molecule has 0 unspecified atom stereocenters. The number of rotatable bonds is 3. The number of benzene rings is 1. The largest absolute Gasteiger partial charge is 0.479 e. The van der Waals surface area contributed by atoms with Gasteiger partial charge in [0.2, 0.25) is 5.88 Å². The Bertz CT molecular complexity index is 619. The van der Waals surface area contributed by atoms with Crippen LogP contribution in [0.25, 0.3) is 0 Å². The van der Waals surface area contributed by atoms with E-state index in [4.69, 9.17) is 10.5 Å². The minimum Gasteiger partial charge on any atom is -0.479 e. The lowest BCUT2D eigenvalue weighted by Crippen LogP contribution is -2.00. The average molecular weight is 326 g/mol. The van der Waals surface area contributed by atoms with Gasteiger partial charge in [-0.15, -0.1) is 0 Å². The van der Waals surface area contributed by atoms with Crippen LogP contribution in [0, 0.1) is 12.7 Å². The van der Waals surface area contributed by atoms with Crippen LogP contribution >= 0.6 is 15.9 Å². The monoisotopic (exact) mass is 325 g/mol. The number of methoxy groups -OCH3 is 1. The van der Waals surface area contributed by atoms with Crippen molar-refractivity contribution in [2.24, 2.45) is 0 Å². The third kappa shape index (κ3) is 2.96. The predicted molar refractivity (Wildman–Crippen MR) is 77.3 cm³/mol. The van der Waals surface area contributed by atoms with E-state index in [9.17, 15) is 4.39 Å². The first kappa shape index (κ1) is 13.6. The maximum atomic E-state index is 13.5. The zero-order chi connectivity index (χ0) is 14.0. The molecule has 0 bridgehead atoms. The van der Waals surface area contributed by atoms with Crippen LogP contribution in [0.1, 0.15) is 5.56 Å². The number of pyridine rings is 1. The van der Waals surface area contributed by atoms with Crippen LogP contribution in [-0.4, -0.2) is 12.1 Å². The zero-order valence-electron chi connectivity index (χ0n) is 10.5. The van der Waals surface area contributed by atoms with Crippen LogP contribution in [0.4, 0.5) is 21.6 Å². The van der Waals surface area contributed by atoms with Crippen molar-refractivity contribution in [3.05, 3.63) is 40.1 Å². The average Bonchev–Trinajstić information content (AvgIpc) is 2.38. The molecule has 2 rings (SSSR count). The normalized spacial score (nSPS) is 10.3. The summed E-state index contributed by atoms with van der Waals surface area (Å²) >= 11 is 3.14. The molecule has 0 amide bonds. The fourth-order valence-corrected chi connectivity index (χ4v) is 2.06. The molecule has 3 N–H and O–H groups in total. The second-order valence-corrected chi connectivity index (χ2v) is 4.86. The third-order valence-electron chi connectivity index (χ3n) is 2.61. The van der Waals surface area contributed by atoms with Gasteiger partial charge in [-0.2, -0.15) is 4.98 Å². The van der Waals surface area contributed by atoms with E-state index in [-0.39, 0.29) is 5.82 Å². The van der Waals surface area contributed by atoms with Gasteiger partial charge in [-0.1, -0.05) is 0 Å². The summed E-state index contributed by atoms with van der Waals surface area (Å²) in [5.74, 6) is 0.534. The Morgan fingerprint density at radius 2 is 2.11 bits per heavy atom. The lowest BCUT2D eigenvalue weighted by atomic mass is 10.2. The van der Waals surface area contributed by atoms with Crippen LogP contribution < -0.4 is 15.8 Å². The first-order chi connectivity index (χ1) is 9.01. The molecule has 0 aliphatic carbocycles. The van der Waals surface area contributed by atoms with Crippen LogP contribution in [-0.2, 0) is 0 Å². The van der Waals surface area contributed by atoms with E-state index in [0.29, 0.717) is 27.5 Å². The minimum absolute atomic E-state index is 0.334. The Balaban J connectivity index is 2.33. The molecule has 0 saturated heterocycles. The maximum Gasteiger partial charge on any atom is 0.238 e. The van der Waals surface area contributed by atoms with Gasteiger partial charge in [-0.05, 0) is 52.7 Å². The molecule has 0 spiro atoms. The van der Waals surface area contributed by atoms with Crippen molar-refractivity contribution in [1.29, 1.82) is 0 Å². The number of nitrogens with two attached hydrogens (primary N) is 1. The Kier molecular flexibility index (Phi) is 3.90. The van der Waals surface area contributed by atoms with E-state index >= 15 is 0 Å². The molecule has 1 aromatic heterocycles. The molecule has 19 heavy (non-hydrogen) atoms. The molecular weight excluding hydrogens is 313 g/mol. The Morgan fingerprint density at radius 3 is 2.79 bits per heavy atom. The molecule has 0 radical (unpaired) electrons. The summed E-state index contributed by atoms with van der Waals surface area (Å²) in [5, 5.41) is 3.03. The maximum absolute atomic E-state index is 13.5. The van der Waals surface area contributed by atoms with Crippen molar-refractivity contribution in [3.63, 3.8) is 0 Å². The van der Waals surface area contributed by atoms with E-state index in [1.165, 1.54) is 13.2 Å². The molecule has 0 aliphatic rings. The van der Waals surface area contributed by atoms with E-state index in [1.54, 1.807) is 18.2 Å². The number of halogens is 2. The molecule has 2 aromatic rings. The zero-order valence-corrected chi connectivity index (χ0v) is 12.1. The summed E-state index contributed by atoms with van der Waals surface area (Å²) in [7, 11) is 1.49. The lowest BCUT2D eigenvalue weighted by Gasteiger charge is -2.11. The van der Waals surface area contributed by atoms with Crippen molar-refractivity contribution in [2.75, 3.05) is 18.2 Å². The van der Waals surface area contributed by atoms with E-state index in [2.05, 4.69) is 26.2 Å². The number of ether oxygens (including phenoxy) is 1. The van der Waals surface area contributed by atoms with Gasteiger partial charge in [0.15, 0.2) is 0 Å². The summed E-state index contributed by atoms with van der Waals surface area (Å²) in [5.41, 5.74) is 7.67. The number of hydrogen-bond donors (Lipinski definition) is 2. The molecule has 0 atom stereocenters. The third-order valence-corrected chi connectivity index (χ3v) is 3.22. The van der Waals surface area contributed by atoms with Crippen molar-refractivity contribution in [2.45, 2.75) is 6.92 Å². The van der Waals surface area contributed by atoms with Crippen molar-refractivity contribution in [3.8, 4) is 5.88 Å². The first-order valence-corrected chi connectivity index (χ1v) is 6.33. The summed E-state index contributed by atoms with van der Waals surface area (Å²) in [6, 6.07) is 6.49. The highest BCUT2D eigenvalue weighted by Gasteiger charge is 2.08. The van der Waals surface area contributed by atoms with Gasteiger partial charge in [0.1, 0.15) is 11.6 Å². The van der Waals surface area contributed by atoms with Crippen LogP contribution in [0.15, 0.2) is 28.7 Å². The number of anilines is 3. The fourth-order valence-electron chi connectivity index (χ4n) is 1.60. The predicted octanol–water partition coefficient (Wildman–Crippen LogP) is 3.63. The van der Waals surface area contributed by atoms with Gasteiger partial charge in [0.05, 0.1) is 17.3 Å². The molecule has 0 aliphatic heterocycles. The number of nitrogens with one attached hydrogen (secondary N) is 1. The molecule has 1 heterocycles. The standard InChI is InChI=1S/C13H13BrFN3O/c1-7-5-8(14)9(15)6-11(7)17-12-4-3-10(16)13(18-12)19-2/h3-6H,16H2,1-2H3,(H,17,18).